The Morgan fingerprint density at radius 1 is 1.26 bits per heavy atom. The zero-order chi connectivity index (χ0) is 24.2. The van der Waals surface area contributed by atoms with E-state index in [1.165, 1.54) is 12.1 Å². The number of halogens is 2. The smallest absolute Gasteiger partial charge is 0.134 e. The van der Waals surface area contributed by atoms with Crippen LogP contribution in [0, 0.1) is 5.82 Å². The zero-order valence-electron chi connectivity index (χ0n) is 18.6. The van der Waals surface area contributed by atoms with Crippen LogP contribution >= 0.6 is 11.6 Å². The Labute approximate surface area is 207 Å². The van der Waals surface area contributed by atoms with E-state index in [0.29, 0.717) is 29.5 Å². The van der Waals surface area contributed by atoms with Gasteiger partial charge in [-0.3, -0.25) is 0 Å². The summed E-state index contributed by atoms with van der Waals surface area (Å²) in [5.74, 6) is 2.33. The third-order valence-corrected chi connectivity index (χ3v) is 6.07. The van der Waals surface area contributed by atoms with Crippen molar-refractivity contribution in [1.82, 2.24) is 10.8 Å². The van der Waals surface area contributed by atoms with Crippen LogP contribution in [0.5, 0.6) is 0 Å². The first-order valence-electron chi connectivity index (χ1n) is 11.1. The first kappa shape index (κ1) is 23.2. The Kier molecular flexibility index (Phi) is 6.85. The van der Waals surface area contributed by atoms with Gasteiger partial charge in [-0.25, -0.2) is 4.39 Å². The van der Waals surface area contributed by atoms with Crippen LogP contribution in [0.3, 0.4) is 0 Å². The monoisotopic (exact) mass is 493 g/mol. The molecule has 180 valence electrons. The molecule has 0 spiro atoms. The van der Waals surface area contributed by atoms with E-state index in [9.17, 15) is 4.39 Å². The van der Waals surface area contributed by atoms with E-state index in [4.69, 9.17) is 26.0 Å². The fraction of sp³-hybridized carbons (Fsp3) is 0.192. The van der Waals surface area contributed by atoms with E-state index in [-0.39, 0.29) is 30.4 Å². The number of benzene rings is 1. The van der Waals surface area contributed by atoms with Gasteiger partial charge in [0, 0.05) is 29.6 Å². The number of rotatable bonds is 8. The molecular weight excluding hydrogens is 471 g/mol. The molecule has 0 saturated carbocycles. The quantitative estimate of drug-likeness (QED) is 0.337. The van der Waals surface area contributed by atoms with Gasteiger partial charge in [0.1, 0.15) is 29.7 Å². The average molecular weight is 494 g/mol. The summed E-state index contributed by atoms with van der Waals surface area (Å²) in [7, 11) is 0. The summed E-state index contributed by atoms with van der Waals surface area (Å²) in [5, 5.41) is 16.3. The molecule has 3 N–H and O–H groups in total. The van der Waals surface area contributed by atoms with Gasteiger partial charge in [-0.15, -0.1) is 11.6 Å². The Balaban J connectivity index is 1.32. The Morgan fingerprint density at radius 2 is 2.17 bits per heavy atom. The Hall–Kier alpha value is -3.59. The molecule has 2 atom stereocenters. The number of allylic oxidation sites excluding steroid dienone is 6. The average Bonchev–Trinajstić information content (AvgIpc) is 3.32. The molecule has 0 bridgehead atoms. The molecule has 1 aromatic heterocycles. The second kappa shape index (κ2) is 10.4. The van der Waals surface area contributed by atoms with E-state index in [2.05, 4.69) is 21.1 Å². The lowest BCUT2D eigenvalue weighted by atomic mass is 9.95. The highest BCUT2D eigenvalue weighted by atomic mass is 35.5. The maximum absolute atomic E-state index is 13.4. The molecule has 3 aliphatic rings. The summed E-state index contributed by atoms with van der Waals surface area (Å²) in [6.07, 6.45) is 11.7. The summed E-state index contributed by atoms with van der Waals surface area (Å²) >= 11 is 6.58. The summed E-state index contributed by atoms with van der Waals surface area (Å²) in [6, 6.07) is 9.82. The van der Waals surface area contributed by atoms with Gasteiger partial charge in [-0.05, 0) is 53.6 Å². The minimum absolute atomic E-state index is 0.149. The molecule has 0 fully saturated rings. The third kappa shape index (κ3) is 5.40. The number of hydrogen-bond acceptors (Lipinski definition) is 6. The maximum atomic E-state index is 13.4. The molecule has 2 aromatic rings. The fourth-order valence-corrected chi connectivity index (χ4v) is 4.27. The highest BCUT2D eigenvalue weighted by Crippen LogP contribution is 2.33. The predicted molar refractivity (Wildman–Crippen MR) is 132 cm³/mol. The fourth-order valence-electron chi connectivity index (χ4n) is 3.96. The van der Waals surface area contributed by atoms with E-state index in [1.54, 1.807) is 12.4 Å². The topological polar surface area (TPSA) is 93.1 Å². The van der Waals surface area contributed by atoms with Crippen molar-refractivity contribution in [3.05, 3.63) is 118 Å². The van der Waals surface area contributed by atoms with Crippen LogP contribution < -0.4 is 10.8 Å². The number of nitrogens with zero attached hydrogens (tertiary/aromatic N) is 2. The van der Waals surface area contributed by atoms with Gasteiger partial charge in [0.2, 0.25) is 0 Å². The molecule has 2 heterocycles. The number of nitrogens with one attached hydrogen (secondary N) is 2. The van der Waals surface area contributed by atoms with Crippen LogP contribution in [0.1, 0.15) is 23.5 Å². The lowest BCUT2D eigenvalue weighted by molar-refractivity contribution is 0.153. The van der Waals surface area contributed by atoms with Crippen molar-refractivity contribution in [3.8, 4) is 0 Å². The molecule has 5 rings (SSSR count). The summed E-state index contributed by atoms with van der Waals surface area (Å²) in [4.78, 5) is 4.45. The van der Waals surface area contributed by atoms with Crippen LogP contribution in [-0.2, 0) is 17.9 Å². The number of ether oxygens (including phenoxy) is 1. The molecule has 35 heavy (non-hydrogen) atoms. The summed E-state index contributed by atoms with van der Waals surface area (Å²) in [5.41, 5.74) is 5.52. The Bertz CT molecular complexity index is 1290. The number of hydroxylamine groups is 1. The van der Waals surface area contributed by atoms with Crippen molar-refractivity contribution < 1.29 is 18.8 Å². The first-order valence-corrected chi connectivity index (χ1v) is 11.5. The normalized spacial score (nSPS) is 21.1. The SMILES string of the molecule is ONCc1ccc(C2=CC3=C(NC4=CC=C(OCc5cccc(F)c5)C(Cl)C4)N=C[N-]C3C=C2)o1. The third-order valence-electron chi connectivity index (χ3n) is 5.70. The van der Waals surface area contributed by atoms with Crippen LogP contribution in [0.25, 0.3) is 10.9 Å². The van der Waals surface area contributed by atoms with Crippen LogP contribution in [0.15, 0.2) is 99.0 Å². The van der Waals surface area contributed by atoms with Crippen LogP contribution in [-0.4, -0.2) is 23.0 Å². The number of aliphatic imine (C=N–C) groups is 1. The minimum atomic E-state index is -0.367. The van der Waals surface area contributed by atoms with Gasteiger partial charge in [-0.2, -0.15) is 5.48 Å². The van der Waals surface area contributed by atoms with Crippen molar-refractivity contribution >= 4 is 23.5 Å². The first-order chi connectivity index (χ1) is 17.1. The van der Waals surface area contributed by atoms with Crippen molar-refractivity contribution in [2.24, 2.45) is 4.99 Å². The van der Waals surface area contributed by atoms with Crippen LogP contribution in [0.2, 0.25) is 0 Å². The number of furan rings is 1. The molecular formula is C26H23ClFN4O3-. The lowest BCUT2D eigenvalue weighted by Crippen LogP contribution is -2.25. The highest BCUT2D eigenvalue weighted by Gasteiger charge is 2.21. The largest absolute Gasteiger partial charge is 0.492 e. The van der Waals surface area contributed by atoms with Gasteiger partial charge in [0.15, 0.2) is 0 Å². The van der Waals surface area contributed by atoms with Crippen LogP contribution in [0.4, 0.5) is 4.39 Å². The van der Waals surface area contributed by atoms with Crippen molar-refractivity contribution in [2.75, 3.05) is 0 Å². The van der Waals surface area contributed by atoms with Crippen molar-refractivity contribution in [3.63, 3.8) is 0 Å². The van der Waals surface area contributed by atoms with Gasteiger partial charge in [0.25, 0.3) is 0 Å². The molecule has 2 aliphatic carbocycles. The molecule has 2 unspecified atom stereocenters. The molecule has 0 amide bonds. The molecule has 0 saturated heterocycles. The lowest BCUT2D eigenvalue weighted by Gasteiger charge is -2.33. The predicted octanol–water partition coefficient (Wildman–Crippen LogP) is 5.43. The van der Waals surface area contributed by atoms with Crippen molar-refractivity contribution in [1.29, 1.82) is 0 Å². The second-order valence-electron chi connectivity index (χ2n) is 8.18. The number of alkyl halides is 1. The molecule has 1 aromatic carbocycles. The summed E-state index contributed by atoms with van der Waals surface area (Å²) in [6.45, 7) is 0.471. The Morgan fingerprint density at radius 3 is 3.00 bits per heavy atom. The van der Waals surface area contributed by atoms with Gasteiger partial charge in [-0.1, -0.05) is 30.6 Å². The molecule has 1 aliphatic heterocycles. The van der Waals surface area contributed by atoms with E-state index >= 15 is 0 Å². The van der Waals surface area contributed by atoms with E-state index in [1.807, 2.05) is 48.6 Å². The van der Waals surface area contributed by atoms with Gasteiger partial charge < -0.3 is 30.0 Å². The summed E-state index contributed by atoms with van der Waals surface area (Å²) < 4.78 is 25.0. The van der Waals surface area contributed by atoms with Gasteiger partial charge >= 0.3 is 0 Å². The standard InChI is InChI=1S/C26H23ClFN4O3/c27-22-12-19(5-8-25(22)34-14-16-2-1-3-18(28)10-16)32-26-21-11-17(4-7-23(21)29-15-30-26)24-9-6-20(35-24)13-31-33/h1-11,15,22-23,31-33H,12-14H2/q-1. The minimum Gasteiger partial charge on any atom is -0.492 e. The highest BCUT2D eigenvalue weighted by molar-refractivity contribution is 6.22. The molecule has 9 heteroatoms. The van der Waals surface area contributed by atoms with Crippen molar-refractivity contribution in [2.45, 2.75) is 31.0 Å². The van der Waals surface area contributed by atoms with E-state index in [0.717, 1.165) is 22.4 Å². The second-order valence-corrected chi connectivity index (χ2v) is 8.71. The zero-order valence-corrected chi connectivity index (χ0v) is 19.4. The van der Waals surface area contributed by atoms with Gasteiger partial charge in [0.05, 0.1) is 11.9 Å². The molecule has 7 nitrogen and oxygen atoms in total. The molecule has 0 radical (unpaired) electrons. The van der Waals surface area contributed by atoms with E-state index < -0.39 is 0 Å². The number of fused-ring (bicyclic) bond motifs is 1. The maximum Gasteiger partial charge on any atom is 0.134 e. The number of hydrogen-bond donors (Lipinski definition) is 3.